The maximum atomic E-state index is 5.00. The van der Waals surface area contributed by atoms with E-state index in [1.54, 1.807) is 14.2 Å². The first-order valence-corrected chi connectivity index (χ1v) is 7.32. The Morgan fingerprint density at radius 3 is 2.73 bits per heavy atom. The number of rotatable bonds is 7. The number of fused-ring (bicyclic) bond motifs is 1. The van der Waals surface area contributed by atoms with Gasteiger partial charge in [-0.1, -0.05) is 18.2 Å². The number of benzene rings is 1. The SMILES string of the molecule is CN=C(NCCCn1ccc2ccccc21)NCCOC.I. The van der Waals surface area contributed by atoms with Crippen molar-refractivity contribution in [2.45, 2.75) is 13.0 Å². The molecule has 122 valence electrons. The van der Waals surface area contributed by atoms with Crippen LogP contribution in [0.1, 0.15) is 6.42 Å². The van der Waals surface area contributed by atoms with E-state index in [2.05, 4.69) is 56.7 Å². The Labute approximate surface area is 149 Å². The second kappa shape index (κ2) is 10.4. The normalized spacial score (nSPS) is 11.3. The largest absolute Gasteiger partial charge is 0.383 e. The summed E-state index contributed by atoms with van der Waals surface area (Å²) < 4.78 is 7.29. The van der Waals surface area contributed by atoms with E-state index in [1.165, 1.54) is 10.9 Å². The van der Waals surface area contributed by atoms with Crippen molar-refractivity contribution in [3.8, 4) is 0 Å². The zero-order valence-electron chi connectivity index (χ0n) is 13.2. The number of hydrogen-bond acceptors (Lipinski definition) is 2. The molecule has 6 heteroatoms. The minimum absolute atomic E-state index is 0. The van der Waals surface area contributed by atoms with Crippen molar-refractivity contribution in [3.63, 3.8) is 0 Å². The van der Waals surface area contributed by atoms with Gasteiger partial charge < -0.3 is 19.9 Å². The minimum Gasteiger partial charge on any atom is -0.383 e. The van der Waals surface area contributed by atoms with Crippen LogP contribution in [0.25, 0.3) is 10.9 Å². The van der Waals surface area contributed by atoms with Gasteiger partial charge in [-0.15, -0.1) is 24.0 Å². The molecule has 0 spiro atoms. The van der Waals surface area contributed by atoms with Crippen LogP contribution in [0.2, 0.25) is 0 Å². The second-order valence-electron chi connectivity index (χ2n) is 4.84. The number of aliphatic imine (C=N–C) groups is 1. The predicted molar refractivity (Wildman–Crippen MR) is 103 cm³/mol. The highest BCUT2D eigenvalue weighted by Gasteiger charge is 2.00. The fourth-order valence-electron chi connectivity index (χ4n) is 2.28. The molecule has 0 bridgehead atoms. The molecule has 2 aromatic rings. The molecule has 1 aromatic heterocycles. The van der Waals surface area contributed by atoms with E-state index < -0.39 is 0 Å². The van der Waals surface area contributed by atoms with Crippen LogP contribution < -0.4 is 10.6 Å². The lowest BCUT2D eigenvalue weighted by Gasteiger charge is -2.12. The van der Waals surface area contributed by atoms with Gasteiger partial charge in [0.2, 0.25) is 0 Å². The van der Waals surface area contributed by atoms with Gasteiger partial charge >= 0.3 is 0 Å². The van der Waals surface area contributed by atoms with Crippen LogP contribution in [-0.4, -0.2) is 44.4 Å². The molecular weight excluding hydrogens is 391 g/mol. The maximum absolute atomic E-state index is 5.00. The highest BCUT2D eigenvalue weighted by Crippen LogP contribution is 2.15. The number of nitrogens with zero attached hydrogens (tertiary/aromatic N) is 2. The molecule has 0 aliphatic heterocycles. The van der Waals surface area contributed by atoms with Crippen molar-refractivity contribution < 1.29 is 4.74 Å². The fourth-order valence-corrected chi connectivity index (χ4v) is 2.28. The number of hydrogen-bond donors (Lipinski definition) is 2. The number of aryl methyl sites for hydroxylation is 1. The van der Waals surface area contributed by atoms with Crippen LogP contribution in [0.4, 0.5) is 0 Å². The molecule has 0 aliphatic carbocycles. The summed E-state index contributed by atoms with van der Waals surface area (Å²) in [6.07, 6.45) is 3.19. The van der Waals surface area contributed by atoms with E-state index in [0.29, 0.717) is 6.61 Å². The highest BCUT2D eigenvalue weighted by molar-refractivity contribution is 14.0. The first-order valence-electron chi connectivity index (χ1n) is 7.32. The Bertz CT molecular complexity index is 582. The molecule has 5 nitrogen and oxygen atoms in total. The van der Waals surface area contributed by atoms with Crippen molar-refractivity contribution in [2.24, 2.45) is 4.99 Å². The van der Waals surface area contributed by atoms with Crippen LogP contribution in [0.3, 0.4) is 0 Å². The van der Waals surface area contributed by atoms with E-state index in [-0.39, 0.29) is 24.0 Å². The van der Waals surface area contributed by atoms with Crippen molar-refractivity contribution >= 4 is 40.8 Å². The molecule has 1 heterocycles. The summed E-state index contributed by atoms with van der Waals surface area (Å²) in [4.78, 5) is 4.18. The fraction of sp³-hybridized carbons (Fsp3) is 0.438. The number of ether oxygens (including phenoxy) is 1. The van der Waals surface area contributed by atoms with Crippen molar-refractivity contribution in [3.05, 3.63) is 36.5 Å². The molecule has 0 fully saturated rings. The van der Waals surface area contributed by atoms with E-state index in [0.717, 1.165) is 32.0 Å². The number of aromatic nitrogens is 1. The van der Waals surface area contributed by atoms with Gasteiger partial charge in [0.1, 0.15) is 0 Å². The number of methoxy groups -OCH3 is 1. The van der Waals surface area contributed by atoms with E-state index in [1.807, 2.05) is 0 Å². The molecule has 2 N–H and O–H groups in total. The van der Waals surface area contributed by atoms with E-state index in [9.17, 15) is 0 Å². The number of guanidine groups is 1. The minimum atomic E-state index is 0. The average molecular weight is 416 g/mol. The van der Waals surface area contributed by atoms with Crippen molar-refractivity contribution in [1.82, 2.24) is 15.2 Å². The van der Waals surface area contributed by atoms with Gasteiger partial charge in [0.25, 0.3) is 0 Å². The molecule has 0 saturated carbocycles. The third-order valence-electron chi connectivity index (χ3n) is 3.37. The predicted octanol–water partition coefficient (Wildman–Crippen LogP) is 2.46. The van der Waals surface area contributed by atoms with Crippen LogP contribution in [0.15, 0.2) is 41.5 Å². The van der Waals surface area contributed by atoms with E-state index in [4.69, 9.17) is 4.74 Å². The number of halogens is 1. The average Bonchev–Trinajstić information content (AvgIpc) is 2.93. The molecular formula is C16H25IN4O. The third kappa shape index (κ3) is 5.49. The van der Waals surface area contributed by atoms with Crippen LogP contribution >= 0.6 is 24.0 Å². The lowest BCUT2D eigenvalue weighted by Crippen LogP contribution is -2.39. The third-order valence-corrected chi connectivity index (χ3v) is 3.37. The van der Waals surface area contributed by atoms with Crippen LogP contribution in [0, 0.1) is 0 Å². The summed E-state index contributed by atoms with van der Waals surface area (Å²) in [5.74, 6) is 0.824. The summed E-state index contributed by atoms with van der Waals surface area (Å²) >= 11 is 0. The van der Waals surface area contributed by atoms with Crippen LogP contribution in [0.5, 0.6) is 0 Å². The molecule has 0 radical (unpaired) electrons. The van der Waals surface area contributed by atoms with Gasteiger partial charge in [-0.3, -0.25) is 4.99 Å². The van der Waals surface area contributed by atoms with E-state index >= 15 is 0 Å². The maximum Gasteiger partial charge on any atom is 0.191 e. The second-order valence-corrected chi connectivity index (χ2v) is 4.84. The zero-order valence-corrected chi connectivity index (χ0v) is 15.5. The molecule has 0 saturated heterocycles. The molecule has 0 amide bonds. The van der Waals surface area contributed by atoms with Gasteiger partial charge in [0.15, 0.2) is 5.96 Å². The molecule has 0 aliphatic rings. The van der Waals surface area contributed by atoms with Gasteiger partial charge in [0.05, 0.1) is 6.61 Å². The zero-order chi connectivity index (χ0) is 14.9. The van der Waals surface area contributed by atoms with Crippen molar-refractivity contribution in [2.75, 3.05) is 33.9 Å². The number of nitrogens with one attached hydrogen (secondary N) is 2. The van der Waals surface area contributed by atoms with Gasteiger partial charge in [-0.2, -0.15) is 0 Å². The summed E-state index contributed by atoms with van der Waals surface area (Å²) in [6.45, 7) is 3.32. The topological polar surface area (TPSA) is 50.6 Å². The van der Waals surface area contributed by atoms with Crippen LogP contribution in [-0.2, 0) is 11.3 Å². The quantitative estimate of drug-likeness (QED) is 0.316. The standard InChI is InChI=1S/C16H24N4O.HI/c1-17-16(19-10-13-21-2)18-9-5-11-20-12-8-14-6-3-4-7-15(14)20;/h3-4,6-8,12H,5,9-11,13H2,1-2H3,(H2,17,18,19);1H. The molecule has 1 aromatic carbocycles. The first-order chi connectivity index (χ1) is 10.3. The molecule has 0 atom stereocenters. The Morgan fingerprint density at radius 2 is 1.95 bits per heavy atom. The smallest absolute Gasteiger partial charge is 0.191 e. The van der Waals surface area contributed by atoms with Gasteiger partial charge in [-0.05, 0) is 23.9 Å². The Kier molecular flexibility index (Phi) is 8.91. The Hall–Kier alpha value is -1.28. The van der Waals surface area contributed by atoms with Crippen molar-refractivity contribution in [1.29, 1.82) is 0 Å². The number of para-hydroxylation sites is 1. The lowest BCUT2D eigenvalue weighted by atomic mass is 10.2. The first kappa shape index (κ1) is 18.8. The molecule has 22 heavy (non-hydrogen) atoms. The van der Waals surface area contributed by atoms with Gasteiger partial charge in [-0.25, -0.2) is 0 Å². The summed E-state index contributed by atoms with van der Waals surface area (Å²) in [7, 11) is 3.47. The monoisotopic (exact) mass is 416 g/mol. The lowest BCUT2D eigenvalue weighted by molar-refractivity contribution is 0.203. The Balaban J connectivity index is 0.00000242. The Morgan fingerprint density at radius 1 is 1.18 bits per heavy atom. The summed E-state index contributed by atoms with van der Waals surface area (Å²) in [6, 6.07) is 10.6. The highest BCUT2D eigenvalue weighted by atomic mass is 127. The summed E-state index contributed by atoms with van der Waals surface area (Å²) in [5, 5.41) is 7.80. The molecule has 0 unspecified atom stereocenters. The molecule has 2 rings (SSSR count). The summed E-state index contributed by atoms with van der Waals surface area (Å²) in [5.41, 5.74) is 1.29. The van der Waals surface area contributed by atoms with Gasteiger partial charge in [0, 0.05) is 45.5 Å².